The third-order valence-electron chi connectivity index (χ3n) is 7.65. The Kier molecular flexibility index (Phi) is 9.74. The van der Waals surface area contributed by atoms with Crippen LogP contribution < -0.4 is 0 Å². The van der Waals surface area contributed by atoms with Crippen LogP contribution in [0.2, 0.25) is 0 Å². The largest absolute Gasteiger partial charge is 3.00 e. The predicted molar refractivity (Wildman–Crippen MR) is 189 cm³/mol. The van der Waals surface area contributed by atoms with Crippen LogP contribution >= 0.6 is 11.3 Å². The zero-order chi connectivity index (χ0) is 31.5. The zero-order valence-corrected chi connectivity index (χ0v) is 28.8. The molecule has 6 heteroatoms. The first-order valence-electron chi connectivity index (χ1n) is 14.9. The van der Waals surface area contributed by atoms with Gasteiger partial charge in [0.1, 0.15) is 0 Å². The SMILES string of the molecule is Cc1c[c-]c(-c2ccc(C)cn2)cc1.Fc1c[c-]c2c(c1)c1cccc3sc4ccnc2c4c31.[Ir+3].[c-]1ccccc1-c1ccccn1. The van der Waals surface area contributed by atoms with Crippen LogP contribution in [0.1, 0.15) is 11.1 Å². The maximum Gasteiger partial charge on any atom is 3.00 e. The minimum atomic E-state index is -0.258. The van der Waals surface area contributed by atoms with E-state index in [-0.39, 0.29) is 25.9 Å². The summed E-state index contributed by atoms with van der Waals surface area (Å²) in [6.07, 6.45) is 5.48. The molecule has 0 spiro atoms. The van der Waals surface area contributed by atoms with Crippen molar-refractivity contribution in [3.05, 3.63) is 163 Å². The summed E-state index contributed by atoms with van der Waals surface area (Å²) in [5, 5.41) is 5.25. The average Bonchev–Trinajstić information content (AvgIpc) is 3.50. The minimum absolute atomic E-state index is 0. The molecule has 0 fully saturated rings. The van der Waals surface area contributed by atoms with E-state index in [0.717, 1.165) is 44.2 Å². The van der Waals surface area contributed by atoms with E-state index in [1.807, 2.05) is 92.1 Å². The van der Waals surface area contributed by atoms with E-state index in [2.05, 4.69) is 64.3 Å². The van der Waals surface area contributed by atoms with Crippen molar-refractivity contribution in [2.24, 2.45) is 0 Å². The molecule has 47 heavy (non-hydrogen) atoms. The van der Waals surface area contributed by atoms with Crippen LogP contribution in [-0.4, -0.2) is 15.0 Å². The van der Waals surface area contributed by atoms with Gasteiger partial charge in [-0.15, -0.1) is 106 Å². The van der Waals surface area contributed by atoms with Crippen LogP contribution in [0.25, 0.3) is 64.4 Å². The van der Waals surface area contributed by atoms with Crippen LogP contribution in [-0.2, 0) is 20.1 Å². The first kappa shape index (κ1) is 32.1. The van der Waals surface area contributed by atoms with Gasteiger partial charge in [-0.2, -0.15) is 0 Å². The van der Waals surface area contributed by atoms with Gasteiger partial charge in [-0.25, -0.2) is 0 Å². The molecule has 0 atom stereocenters. The van der Waals surface area contributed by atoms with Gasteiger partial charge in [-0.05, 0) is 58.4 Å². The van der Waals surface area contributed by atoms with E-state index in [4.69, 9.17) is 0 Å². The smallest absolute Gasteiger partial charge is 0.305 e. The Labute approximate surface area is 290 Å². The van der Waals surface area contributed by atoms with Crippen LogP contribution in [0, 0.1) is 37.9 Å². The van der Waals surface area contributed by atoms with Crippen molar-refractivity contribution in [2.75, 3.05) is 0 Å². The van der Waals surface area contributed by atoms with Crippen molar-refractivity contribution >= 4 is 53.2 Å². The van der Waals surface area contributed by atoms with Crippen LogP contribution in [0.15, 0.2) is 128 Å². The van der Waals surface area contributed by atoms with Gasteiger partial charge in [-0.3, -0.25) is 4.39 Å². The van der Waals surface area contributed by atoms with E-state index in [9.17, 15) is 4.39 Å². The first-order chi connectivity index (χ1) is 22.5. The van der Waals surface area contributed by atoms with E-state index in [1.54, 1.807) is 23.6 Å². The summed E-state index contributed by atoms with van der Waals surface area (Å²) in [6, 6.07) is 44.5. The molecule has 3 nitrogen and oxygen atoms in total. The number of hydrogen-bond donors (Lipinski definition) is 0. The summed E-state index contributed by atoms with van der Waals surface area (Å²) in [5.41, 5.74) is 7.37. The second-order valence-corrected chi connectivity index (χ2v) is 12.0. The minimum Gasteiger partial charge on any atom is -0.305 e. The van der Waals surface area contributed by atoms with Gasteiger partial charge in [0.15, 0.2) is 0 Å². The Bertz CT molecular complexity index is 2290. The third-order valence-corrected chi connectivity index (χ3v) is 8.77. The molecule has 0 N–H and O–H groups in total. The second kappa shape index (κ2) is 14.3. The summed E-state index contributed by atoms with van der Waals surface area (Å²) in [7, 11) is 0. The number of rotatable bonds is 2. The predicted octanol–water partition coefficient (Wildman–Crippen LogP) is 10.8. The number of pyridine rings is 3. The summed E-state index contributed by atoms with van der Waals surface area (Å²) < 4.78 is 16.1. The molecule has 9 aromatic rings. The van der Waals surface area contributed by atoms with Crippen molar-refractivity contribution in [2.45, 2.75) is 13.8 Å². The number of aryl methyl sites for hydroxylation is 2. The molecule has 0 aliphatic rings. The normalized spacial score (nSPS) is 10.7. The van der Waals surface area contributed by atoms with Gasteiger partial charge in [0.2, 0.25) is 0 Å². The van der Waals surface area contributed by atoms with Crippen LogP contribution in [0.5, 0.6) is 0 Å². The van der Waals surface area contributed by atoms with E-state index in [0.29, 0.717) is 0 Å². The Morgan fingerprint density at radius 2 is 1.43 bits per heavy atom. The molecular weight excluding hydrogens is 778 g/mol. The number of fused-ring (bicyclic) bond motifs is 3. The number of halogens is 1. The average molecular weight is 805 g/mol. The zero-order valence-electron chi connectivity index (χ0n) is 25.6. The van der Waals surface area contributed by atoms with Gasteiger partial charge in [0, 0.05) is 33.8 Å². The standard InChI is InChI=1S/C17H7FNS.C13H12N.C11H8N.Ir/c18-9-4-5-11-12(8-9)10-2-1-3-13-15(10)16-14(20-13)6-7-19-17(11)16;1-10-3-6-12(7-4-10)13-8-5-11(2)9-14-13;1-2-6-10(7-3-1)11-8-4-5-9-12-11;/h1-4,6-8H;3-6,8-9H,1-2H3;1-6,8-9H;/q3*-1;+3. The molecule has 0 aliphatic heterocycles. The Hall–Kier alpha value is -4.87. The number of benzene rings is 5. The van der Waals surface area contributed by atoms with Crippen molar-refractivity contribution in [1.82, 2.24) is 15.0 Å². The van der Waals surface area contributed by atoms with Gasteiger partial charge < -0.3 is 15.0 Å². The molecule has 0 bridgehead atoms. The molecule has 4 heterocycles. The Morgan fingerprint density at radius 3 is 2.17 bits per heavy atom. The fraction of sp³-hybridized carbons (Fsp3) is 0.0488. The van der Waals surface area contributed by atoms with E-state index < -0.39 is 0 Å². The molecule has 9 rings (SSSR count). The Balaban J connectivity index is 0.000000127. The molecule has 0 unspecified atom stereocenters. The molecule has 228 valence electrons. The third kappa shape index (κ3) is 6.81. The molecular formula is C41H27FIrN3S. The number of hydrogen-bond acceptors (Lipinski definition) is 4. The number of aromatic nitrogens is 3. The van der Waals surface area contributed by atoms with Gasteiger partial charge in [0.25, 0.3) is 0 Å². The molecule has 0 radical (unpaired) electrons. The topological polar surface area (TPSA) is 38.7 Å². The van der Waals surface area contributed by atoms with E-state index in [1.165, 1.54) is 37.4 Å². The molecule has 5 aromatic carbocycles. The summed E-state index contributed by atoms with van der Waals surface area (Å²) in [5.74, 6) is -0.258. The fourth-order valence-corrected chi connectivity index (χ4v) is 6.55. The van der Waals surface area contributed by atoms with Gasteiger partial charge >= 0.3 is 20.1 Å². The molecule has 0 aliphatic carbocycles. The van der Waals surface area contributed by atoms with Crippen LogP contribution in [0.3, 0.4) is 0 Å². The molecule has 4 aromatic heterocycles. The van der Waals surface area contributed by atoms with Gasteiger partial charge in [0.05, 0.1) is 0 Å². The quantitative estimate of drug-likeness (QED) is 0.129. The summed E-state index contributed by atoms with van der Waals surface area (Å²) in [6.45, 7) is 4.10. The number of thiophene rings is 1. The van der Waals surface area contributed by atoms with Gasteiger partial charge in [-0.1, -0.05) is 54.1 Å². The molecule has 0 saturated carbocycles. The van der Waals surface area contributed by atoms with Crippen LogP contribution in [0.4, 0.5) is 4.39 Å². The monoisotopic (exact) mass is 805 g/mol. The number of nitrogens with zero attached hydrogens (tertiary/aromatic N) is 3. The maximum atomic E-state index is 13.6. The molecule has 0 amide bonds. The molecule has 0 saturated heterocycles. The van der Waals surface area contributed by atoms with Crippen molar-refractivity contribution in [1.29, 1.82) is 0 Å². The fourth-order valence-electron chi connectivity index (χ4n) is 5.42. The van der Waals surface area contributed by atoms with Crippen molar-refractivity contribution < 1.29 is 24.5 Å². The van der Waals surface area contributed by atoms with E-state index >= 15 is 0 Å². The second-order valence-electron chi connectivity index (χ2n) is 10.9. The Morgan fingerprint density at radius 1 is 0.617 bits per heavy atom. The summed E-state index contributed by atoms with van der Waals surface area (Å²) >= 11 is 1.76. The summed E-state index contributed by atoms with van der Waals surface area (Å²) in [4.78, 5) is 13.1. The van der Waals surface area contributed by atoms with Crippen molar-refractivity contribution in [3.63, 3.8) is 0 Å². The maximum absolute atomic E-state index is 13.6. The van der Waals surface area contributed by atoms with Crippen molar-refractivity contribution in [3.8, 4) is 22.5 Å². The first-order valence-corrected chi connectivity index (χ1v) is 15.7.